The van der Waals surface area contributed by atoms with Gasteiger partial charge in [0.05, 0.1) is 12.2 Å². The van der Waals surface area contributed by atoms with E-state index < -0.39 is 6.10 Å². The molecule has 2 rings (SSSR count). The van der Waals surface area contributed by atoms with Crippen LogP contribution in [0.1, 0.15) is 24.5 Å². The number of likely N-dealkylation sites (tertiary alicyclic amines) is 1. The van der Waals surface area contributed by atoms with Gasteiger partial charge in [0.1, 0.15) is 0 Å². The minimum absolute atomic E-state index is 0.366. The topological polar surface area (TPSA) is 32.7 Å². The van der Waals surface area contributed by atoms with Crippen LogP contribution in [0, 0.1) is 0 Å². The van der Waals surface area contributed by atoms with E-state index in [4.69, 9.17) is 4.74 Å². The molecule has 3 nitrogen and oxygen atoms in total. The van der Waals surface area contributed by atoms with Gasteiger partial charge in [-0.05, 0) is 24.5 Å². The van der Waals surface area contributed by atoms with Gasteiger partial charge in [0, 0.05) is 31.2 Å². The number of ether oxygens (including phenoxy) is 1. The molecular weight excluding hydrogens is 294 g/mol. The Morgan fingerprint density at radius 1 is 1.50 bits per heavy atom. The summed E-state index contributed by atoms with van der Waals surface area (Å²) >= 11 is 3.48. The van der Waals surface area contributed by atoms with E-state index in [0.717, 1.165) is 42.5 Å². The Morgan fingerprint density at radius 2 is 2.28 bits per heavy atom. The monoisotopic (exact) mass is 313 g/mol. The minimum Gasteiger partial charge on any atom is -0.388 e. The molecule has 1 aliphatic heterocycles. The lowest BCUT2D eigenvalue weighted by atomic mass is 10.1. The zero-order chi connectivity index (χ0) is 13.0. The number of rotatable bonds is 5. The normalized spacial score (nSPS) is 22.3. The minimum atomic E-state index is -0.401. The van der Waals surface area contributed by atoms with Gasteiger partial charge in [-0.25, -0.2) is 0 Å². The Hall–Kier alpha value is -0.420. The molecule has 100 valence electrons. The number of aliphatic hydroxyl groups is 1. The molecule has 0 amide bonds. The Bertz CT molecular complexity index is 386. The summed E-state index contributed by atoms with van der Waals surface area (Å²) in [7, 11) is 1.77. The van der Waals surface area contributed by atoms with Crippen molar-refractivity contribution >= 4 is 15.9 Å². The maximum atomic E-state index is 10.2. The van der Waals surface area contributed by atoms with E-state index in [2.05, 4.69) is 20.8 Å². The Labute approximate surface area is 117 Å². The second-order valence-electron chi connectivity index (χ2n) is 4.77. The summed E-state index contributed by atoms with van der Waals surface area (Å²) in [4.78, 5) is 2.36. The summed E-state index contributed by atoms with van der Waals surface area (Å²) in [6.07, 6.45) is 1.83. The maximum Gasteiger partial charge on any atom is 0.0813 e. The first-order valence-electron chi connectivity index (χ1n) is 6.38. The Balaban J connectivity index is 1.82. The van der Waals surface area contributed by atoms with Crippen LogP contribution < -0.4 is 0 Å². The smallest absolute Gasteiger partial charge is 0.0813 e. The summed E-state index contributed by atoms with van der Waals surface area (Å²) in [5, 5.41) is 10.2. The van der Waals surface area contributed by atoms with Gasteiger partial charge < -0.3 is 14.7 Å². The number of methoxy groups -OCH3 is 1. The van der Waals surface area contributed by atoms with Crippen molar-refractivity contribution in [3.05, 3.63) is 34.3 Å². The van der Waals surface area contributed by atoms with Crippen molar-refractivity contribution in [3.63, 3.8) is 0 Å². The van der Waals surface area contributed by atoms with Gasteiger partial charge in [-0.1, -0.05) is 34.1 Å². The average molecular weight is 314 g/mol. The average Bonchev–Trinajstić information content (AvgIpc) is 2.84. The molecule has 1 heterocycles. The zero-order valence-electron chi connectivity index (χ0n) is 10.7. The SMILES string of the molecule is COC1CCN(CCC(O)c2ccccc2Br)C1. The molecule has 1 aromatic carbocycles. The highest BCUT2D eigenvalue weighted by molar-refractivity contribution is 9.10. The second kappa shape index (κ2) is 6.66. The largest absolute Gasteiger partial charge is 0.388 e. The highest BCUT2D eigenvalue weighted by atomic mass is 79.9. The van der Waals surface area contributed by atoms with E-state index in [9.17, 15) is 5.11 Å². The van der Waals surface area contributed by atoms with Gasteiger partial charge in [-0.3, -0.25) is 0 Å². The van der Waals surface area contributed by atoms with Gasteiger partial charge in [-0.15, -0.1) is 0 Å². The van der Waals surface area contributed by atoms with Gasteiger partial charge in [-0.2, -0.15) is 0 Å². The molecule has 0 aromatic heterocycles. The highest BCUT2D eigenvalue weighted by Crippen LogP contribution is 2.26. The molecule has 0 aliphatic carbocycles. The molecule has 0 spiro atoms. The number of hydrogen-bond donors (Lipinski definition) is 1. The lowest BCUT2D eigenvalue weighted by Crippen LogP contribution is -2.25. The van der Waals surface area contributed by atoms with Crippen LogP contribution in [0.25, 0.3) is 0 Å². The fourth-order valence-corrected chi connectivity index (χ4v) is 2.95. The summed E-state index contributed by atoms with van der Waals surface area (Å²) in [5.41, 5.74) is 0.972. The van der Waals surface area contributed by atoms with E-state index in [1.165, 1.54) is 0 Å². The summed E-state index contributed by atoms with van der Waals surface area (Å²) in [6.45, 7) is 2.97. The molecule has 0 radical (unpaired) electrons. The Kier molecular flexibility index (Phi) is 5.18. The van der Waals surface area contributed by atoms with Crippen LogP contribution in [0.2, 0.25) is 0 Å². The fraction of sp³-hybridized carbons (Fsp3) is 0.571. The van der Waals surface area contributed by atoms with E-state index in [0.29, 0.717) is 6.10 Å². The molecule has 1 N–H and O–H groups in total. The van der Waals surface area contributed by atoms with Crippen LogP contribution in [0.15, 0.2) is 28.7 Å². The number of benzene rings is 1. The van der Waals surface area contributed by atoms with Gasteiger partial charge >= 0.3 is 0 Å². The van der Waals surface area contributed by atoms with Crippen molar-refractivity contribution in [2.75, 3.05) is 26.7 Å². The highest BCUT2D eigenvalue weighted by Gasteiger charge is 2.22. The van der Waals surface area contributed by atoms with Crippen LogP contribution >= 0.6 is 15.9 Å². The van der Waals surface area contributed by atoms with Crippen LogP contribution in [0.4, 0.5) is 0 Å². The van der Waals surface area contributed by atoms with Gasteiger partial charge in [0.2, 0.25) is 0 Å². The van der Waals surface area contributed by atoms with E-state index >= 15 is 0 Å². The third kappa shape index (κ3) is 3.54. The molecule has 18 heavy (non-hydrogen) atoms. The first kappa shape index (κ1) is 14.0. The Morgan fingerprint density at radius 3 is 2.94 bits per heavy atom. The van der Waals surface area contributed by atoms with Crippen LogP contribution in [-0.2, 0) is 4.74 Å². The third-order valence-corrected chi connectivity index (χ3v) is 4.27. The van der Waals surface area contributed by atoms with Crippen molar-refractivity contribution < 1.29 is 9.84 Å². The molecule has 0 saturated carbocycles. The van der Waals surface area contributed by atoms with Crippen molar-refractivity contribution in [3.8, 4) is 0 Å². The van der Waals surface area contributed by atoms with Crippen LogP contribution in [-0.4, -0.2) is 42.9 Å². The summed E-state index contributed by atoms with van der Waals surface area (Å²) in [5.74, 6) is 0. The fourth-order valence-electron chi connectivity index (χ4n) is 2.40. The number of nitrogens with zero attached hydrogens (tertiary/aromatic N) is 1. The van der Waals surface area contributed by atoms with Gasteiger partial charge in [0.15, 0.2) is 0 Å². The van der Waals surface area contributed by atoms with Crippen LogP contribution in [0.3, 0.4) is 0 Å². The number of aliphatic hydroxyl groups excluding tert-OH is 1. The lowest BCUT2D eigenvalue weighted by Gasteiger charge is -2.19. The number of hydrogen-bond acceptors (Lipinski definition) is 3. The van der Waals surface area contributed by atoms with E-state index in [-0.39, 0.29) is 0 Å². The zero-order valence-corrected chi connectivity index (χ0v) is 12.3. The number of halogens is 1. The van der Waals surface area contributed by atoms with Crippen molar-refractivity contribution in [1.82, 2.24) is 4.90 Å². The predicted molar refractivity (Wildman–Crippen MR) is 75.6 cm³/mol. The second-order valence-corrected chi connectivity index (χ2v) is 5.63. The summed E-state index contributed by atoms with van der Waals surface area (Å²) in [6, 6.07) is 7.86. The first-order chi connectivity index (χ1) is 8.70. The van der Waals surface area contributed by atoms with Crippen LogP contribution in [0.5, 0.6) is 0 Å². The van der Waals surface area contributed by atoms with E-state index in [1.54, 1.807) is 7.11 Å². The molecule has 2 atom stereocenters. The molecule has 1 aromatic rings. The first-order valence-corrected chi connectivity index (χ1v) is 7.17. The molecule has 1 fully saturated rings. The molecule has 1 saturated heterocycles. The van der Waals surface area contributed by atoms with Gasteiger partial charge in [0.25, 0.3) is 0 Å². The predicted octanol–water partition coefficient (Wildman–Crippen LogP) is 2.59. The maximum absolute atomic E-state index is 10.2. The molecule has 1 aliphatic rings. The van der Waals surface area contributed by atoms with E-state index in [1.807, 2.05) is 24.3 Å². The summed E-state index contributed by atoms with van der Waals surface area (Å²) < 4.78 is 6.32. The molecule has 0 bridgehead atoms. The lowest BCUT2D eigenvalue weighted by molar-refractivity contribution is 0.102. The third-order valence-electron chi connectivity index (χ3n) is 3.55. The molecule has 4 heteroatoms. The van der Waals surface area contributed by atoms with Crippen molar-refractivity contribution in [2.24, 2.45) is 0 Å². The van der Waals surface area contributed by atoms with Crippen molar-refractivity contribution in [2.45, 2.75) is 25.0 Å². The quantitative estimate of drug-likeness (QED) is 0.907. The molecule has 2 unspecified atom stereocenters. The van der Waals surface area contributed by atoms with Crippen molar-refractivity contribution in [1.29, 1.82) is 0 Å². The standard InChI is InChI=1S/C14H20BrNO2/c1-18-11-6-8-16(10-11)9-7-14(17)12-4-2-3-5-13(12)15/h2-5,11,14,17H,6-10H2,1H3. The molecular formula is C14H20BrNO2.